The average molecular weight is 405 g/mol. The summed E-state index contributed by atoms with van der Waals surface area (Å²) in [7, 11) is 1.62. The van der Waals surface area contributed by atoms with E-state index in [0.717, 1.165) is 48.1 Å². The predicted molar refractivity (Wildman–Crippen MR) is 114 cm³/mol. The van der Waals surface area contributed by atoms with Crippen LogP contribution in [0.1, 0.15) is 42.7 Å². The molecule has 1 aliphatic carbocycles. The molecule has 0 N–H and O–H groups in total. The summed E-state index contributed by atoms with van der Waals surface area (Å²) in [5.74, 6) is 0.0713. The molecule has 2 aromatic rings. The minimum Gasteiger partial charge on any atom is -0.497 e. The van der Waals surface area contributed by atoms with Gasteiger partial charge in [0.1, 0.15) is 12.4 Å². The van der Waals surface area contributed by atoms with Gasteiger partial charge < -0.3 is 9.47 Å². The fourth-order valence-electron chi connectivity index (χ4n) is 4.34. The van der Waals surface area contributed by atoms with Crippen molar-refractivity contribution in [1.29, 1.82) is 0 Å². The molecule has 2 atom stereocenters. The monoisotopic (exact) mass is 405 g/mol. The molecule has 0 radical (unpaired) electrons. The second kappa shape index (κ2) is 9.16. The Kier molecular flexibility index (Phi) is 6.17. The maximum atomic E-state index is 13.8. The molecule has 0 saturated carbocycles. The molecule has 5 heteroatoms. The Morgan fingerprint density at radius 1 is 1.13 bits per heavy atom. The molecule has 0 aromatic heterocycles. The van der Waals surface area contributed by atoms with Crippen molar-refractivity contribution < 1.29 is 19.1 Å². The third kappa shape index (κ3) is 4.25. The molecule has 30 heavy (non-hydrogen) atoms. The van der Waals surface area contributed by atoms with Crippen LogP contribution in [-0.2, 0) is 16.0 Å². The first-order valence-electron chi connectivity index (χ1n) is 10.5. The number of rotatable bonds is 6. The van der Waals surface area contributed by atoms with Crippen molar-refractivity contribution in [2.45, 2.75) is 44.1 Å². The number of methoxy groups -OCH3 is 1. The van der Waals surface area contributed by atoms with Gasteiger partial charge >= 0.3 is 6.09 Å². The molecule has 4 rings (SSSR count). The molecule has 1 fully saturated rings. The lowest BCUT2D eigenvalue weighted by Crippen LogP contribution is -2.43. The summed E-state index contributed by atoms with van der Waals surface area (Å²) in [5.41, 5.74) is 3.05. The van der Waals surface area contributed by atoms with Gasteiger partial charge in [-0.25, -0.2) is 9.69 Å². The van der Waals surface area contributed by atoms with Crippen molar-refractivity contribution in [1.82, 2.24) is 4.90 Å². The second-order valence-corrected chi connectivity index (χ2v) is 7.86. The number of hydrogen-bond acceptors (Lipinski definition) is 4. The normalized spacial score (nSPS) is 19.8. The molecule has 2 aromatic carbocycles. The van der Waals surface area contributed by atoms with Gasteiger partial charge in [-0.1, -0.05) is 54.1 Å². The summed E-state index contributed by atoms with van der Waals surface area (Å²) in [6.07, 6.45) is 6.24. The van der Waals surface area contributed by atoms with Gasteiger partial charge in [0.05, 0.1) is 19.1 Å². The van der Waals surface area contributed by atoms with E-state index in [1.165, 1.54) is 4.90 Å². The average Bonchev–Trinajstić information content (AvgIpc) is 3.15. The lowest BCUT2D eigenvalue weighted by molar-refractivity contribution is -0.130. The van der Waals surface area contributed by atoms with Crippen LogP contribution in [0.25, 0.3) is 0 Å². The Morgan fingerprint density at radius 3 is 2.57 bits per heavy atom. The van der Waals surface area contributed by atoms with E-state index in [2.05, 4.69) is 6.08 Å². The zero-order chi connectivity index (χ0) is 20.9. The second-order valence-electron chi connectivity index (χ2n) is 7.86. The summed E-state index contributed by atoms with van der Waals surface area (Å²) < 4.78 is 10.6. The highest BCUT2D eigenvalue weighted by molar-refractivity contribution is 5.99. The molecule has 1 saturated heterocycles. The number of cyclic esters (lactones) is 1. The topological polar surface area (TPSA) is 55.8 Å². The van der Waals surface area contributed by atoms with E-state index < -0.39 is 12.0 Å². The van der Waals surface area contributed by atoms with Crippen LogP contribution in [0.4, 0.5) is 4.79 Å². The molecule has 2 amide bonds. The third-order valence-electron chi connectivity index (χ3n) is 5.91. The number of allylic oxidation sites excluding steroid dienone is 1. The highest BCUT2D eigenvalue weighted by atomic mass is 16.6. The first-order chi connectivity index (χ1) is 14.7. The van der Waals surface area contributed by atoms with E-state index in [1.807, 2.05) is 54.6 Å². The van der Waals surface area contributed by atoms with Gasteiger partial charge in [0.15, 0.2) is 0 Å². The van der Waals surface area contributed by atoms with Gasteiger partial charge in [-0.15, -0.1) is 0 Å². The lowest BCUT2D eigenvalue weighted by atomic mass is 9.83. The highest BCUT2D eigenvalue weighted by Crippen LogP contribution is 2.36. The van der Waals surface area contributed by atoms with Crippen LogP contribution in [0.3, 0.4) is 0 Å². The molecule has 2 aliphatic rings. The molecule has 5 nitrogen and oxygen atoms in total. The summed E-state index contributed by atoms with van der Waals surface area (Å²) >= 11 is 0. The largest absolute Gasteiger partial charge is 0.497 e. The Balaban J connectivity index is 1.65. The summed E-state index contributed by atoms with van der Waals surface area (Å²) in [5, 5.41) is 0. The van der Waals surface area contributed by atoms with E-state index in [-0.39, 0.29) is 18.6 Å². The van der Waals surface area contributed by atoms with Crippen LogP contribution in [0.2, 0.25) is 0 Å². The van der Waals surface area contributed by atoms with Crippen LogP contribution in [-0.4, -0.2) is 36.7 Å². The van der Waals surface area contributed by atoms with Crippen molar-refractivity contribution in [2.24, 2.45) is 0 Å². The third-order valence-corrected chi connectivity index (χ3v) is 5.91. The van der Waals surface area contributed by atoms with E-state index in [0.29, 0.717) is 6.42 Å². The lowest BCUT2D eigenvalue weighted by Gasteiger charge is -2.28. The molecule has 0 spiro atoms. The van der Waals surface area contributed by atoms with Crippen LogP contribution in [0.5, 0.6) is 5.75 Å². The van der Waals surface area contributed by atoms with Crippen molar-refractivity contribution in [2.75, 3.05) is 13.7 Å². The standard InChI is InChI=1S/C25H27NO4/c1-29-22-14-12-20(13-15-22)23(19-10-6-3-7-11-19)24(27)26-21(17-30-25(26)28)16-18-8-4-2-5-9-18/h2,4-5,8-10,12-15,21,23H,3,6-7,11,16-17H2,1H3/t21-,23-/m0/s1. The Morgan fingerprint density at radius 2 is 1.90 bits per heavy atom. The smallest absolute Gasteiger partial charge is 0.417 e. The van der Waals surface area contributed by atoms with Crippen molar-refractivity contribution in [3.8, 4) is 5.75 Å². The Bertz CT molecular complexity index is 920. The molecular weight excluding hydrogens is 378 g/mol. The minimum atomic E-state index is -0.546. The van der Waals surface area contributed by atoms with E-state index in [9.17, 15) is 9.59 Å². The van der Waals surface area contributed by atoms with Crippen molar-refractivity contribution in [3.05, 3.63) is 77.4 Å². The number of carbonyl (C=O) groups is 2. The predicted octanol–water partition coefficient (Wildman–Crippen LogP) is 4.87. The highest BCUT2D eigenvalue weighted by Gasteiger charge is 2.42. The van der Waals surface area contributed by atoms with Gasteiger partial charge in [-0.05, 0) is 55.4 Å². The molecule has 1 aliphatic heterocycles. The van der Waals surface area contributed by atoms with Crippen LogP contribution in [0.15, 0.2) is 66.2 Å². The Hall–Kier alpha value is -3.08. The Labute approximate surface area is 177 Å². The van der Waals surface area contributed by atoms with Gasteiger partial charge in [0, 0.05) is 0 Å². The fourth-order valence-corrected chi connectivity index (χ4v) is 4.34. The van der Waals surface area contributed by atoms with E-state index in [1.54, 1.807) is 7.11 Å². The minimum absolute atomic E-state index is 0.197. The number of ether oxygens (including phenoxy) is 2. The summed E-state index contributed by atoms with van der Waals surface area (Å²) in [4.78, 5) is 27.7. The molecule has 0 bridgehead atoms. The number of amides is 2. The zero-order valence-corrected chi connectivity index (χ0v) is 17.3. The number of imide groups is 1. The first-order valence-corrected chi connectivity index (χ1v) is 10.5. The number of carbonyl (C=O) groups excluding carboxylic acids is 2. The van der Waals surface area contributed by atoms with Crippen molar-refractivity contribution >= 4 is 12.0 Å². The maximum absolute atomic E-state index is 13.8. The zero-order valence-electron chi connectivity index (χ0n) is 17.3. The van der Waals surface area contributed by atoms with Gasteiger partial charge in [-0.3, -0.25) is 4.79 Å². The molecule has 0 unspecified atom stereocenters. The molecule has 156 valence electrons. The summed E-state index contributed by atoms with van der Waals surface area (Å²) in [6, 6.07) is 17.2. The maximum Gasteiger partial charge on any atom is 0.417 e. The van der Waals surface area contributed by atoms with Gasteiger partial charge in [-0.2, -0.15) is 0 Å². The van der Waals surface area contributed by atoms with E-state index >= 15 is 0 Å². The number of nitrogens with zero attached hydrogens (tertiary/aromatic N) is 1. The van der Waals surface area contributed by atoms with Gasteiger partial charge in [0.2, 0.25) is 5.91 Å². The summed E-state index contributed by atoms with van der Waals surface area (Å²) in [6.45, 7) is 0.230. The fraction of sp³-hybridized carbons (Fsp3) is 0.360. The van der Waals surface area contributed by atoms with Gasteiger partial charge in [0.25, 0.3) is 0 Å². The van der Waals surface area contributed by atoms with E-state index in [4.69, 9.17) is 9.47 Å². The molecule has 1 heterocycles. The molecular formula is C25H27NO4. The van der Waals surface area contributed by atoms with Crippen LogP contribution >= 0.6 is 0 Å². The first kappa shape index (κ1) is 20.2. The number of hydrogen-bond donors (Lipinski definition) is 0. The SMILES string of the molecule is COc1ccc([C@@H](C(=O)N2C(=O)OC[C@@H]2Cc2ccccc2)C2=CCCCC2)cc1. The van der Waals surface area contributed by atoms with Crippen LogP contribution < -0.4 is 4.74 Å². The number of benzene rings is 2. The van der Waals surface area contributed by atoms with Crippen LogP contribution in [0, 0.1) is 0 Å². The van der Waals surface area contributed by atoms with Crippen molar-refractivity contribution in [3.63, 3.8) is 0 Å². The quantitative estimate of drug-likeness (QED) is 0.644.